The van der Waals surface area contributed by atoms with Crippen LogP contribution in [0.15, 0.2) is 18.5 Å². The van der Waals surface area contributed by atoms with Crippen LogP contribution in [0.4, 0.5) is 0 Å². The van der Waals surface area contributed by atoms with Crippen LogP contribution < -0.4 is 5.73 Å². The number of unbranched alkanes of at least 4 members (excludes halogenated alkanes) is 1. The first kappa shape index (κ1) is 11.3. The molecule has 80 valence electrons. The molecule has 0 spiro atoms. The fourth-order valence-electron chi connectivity index (χ4n) is 1.48. The average Bonchev–Trinajstić information content (AvgIpc) is 2.61. The van der Waals surface area contributed by atoms with E-state index in [0.717, 1.165) is 32.5 Å². The van der Waals surface area contributed by atoms with Gasteiger partial charge in [0.2, 0.25) is 0 Å². The maximum atomic E-state index is 5.48. The van der Waals surface area contributed by atoms with Crippen molar-refractivity contribution in [1.82, 2.24) is 4.57 Å². The third-order valence-electron chi connectivity index (χ3n) is 2.26. The summed E-state index contributed by atoms with van der Waals surface area (Å²) in [5, 5.41) is 0. The lowest BCUT2D eigenvalue weighted by molar-refractivity contribution is 0.191. The van der Waals surface area contributed by atoms with Crippen LogP contribution in [-0.2, 0) is 17.7 Å². The summed E-state index contributed by atoms with van der Waals surface area (Å²) in [6.07, 6.45) is 7.58. The molecule has 1 rings (SSSR count). The van der Waals surface area contributed by atoms with E-state index in [2.05, 4.69) is 23.0 Å². The minimum Gasteiger partial charge on any atom is -0.385 e. The van der Waals surface area contributed by atoms with E-state index in [9.17, 15) is 0 Å². The summed E-state index contributed by atoms with van der Waals surface area (Å²) in [6, 6.07) is 2.14. The normalized spacial score (nSPS) is 10.7. The summed E-state index contributed by atoms with van der Waals surface area (Å²) in [7, 11) is 1.75. The molecule has 0 atom stereocenters. The maximum Gasteiger partial charge on any atom is 0.0462 e. The van der Waals surface area contributed by atoms with Crippen molar-refractivity contribution in [2.24, 2.45) is 5.73 Å². The van der Waals surface area contributed by atoms with E-state index in [-0.39, 0.29) is 0 Å². The zero-order valence-electron chi connectivity index (χ0n) is 8.91. The molecule has 0 bridgehead atoms. The van der Waals surface area contributed by atoms with E-state index in [4.69, 9.17) is 10.5 Å². The van der Waals surface area contributed by atoms with Crippen LogP contribution in [0.3, 0.4) is 0 Å². The molecule has 1 aromatic heterocycles. The molecule has 2 N–H and O–H groups in total. The molecule has 14 heavy (non-hydrogen) atoms. The van der Waals surface area contributed by atoms with Gasteiger partial charge in [-0.3, -0.25) is 0 Å². The first-order valence-electron chi connectivity index (χ1n) is 5.20. The van der Waals surface area contributed by atoms with Gasteiger partial charge in [-0.1, -0.05) is 0 Å². The van der Waals surface area contributed by atoms with Gasteiger partial charge in [-0.15, -0.1) is 0 Å². The summed E-state index contributed by atoms with van der Waals surface area (Å²) in [6.45, 7) is 2.67. The SMILES string of the molecule is COCCCCn1ccc(CCN)c1. The second-order valence-corrected chi connectivity index (χ2v) is 3.50. The van der Waals surface area contributed by atoms with Crippen LogP contribution in [0.2, 0.25) is 0 Å². The van der Waals surface area contributed by atoms with Crippen molar-refractivity contribution in [2.45, 2.75) is 25.8 Å². The maximum absolute atomic E-state index is 5.48. The van der Waals surface area contributed by atoms with Gasteiger partial charge in [0.05, 0.1) is 0 Å². The van der Waals surface area contributed by atoms with Crippen LogP contribution in [-0.4, -0.2) is 24.8 Å². The Hall–Kier alpha value is -0.800. The molecule has 0 fully saturated rings. The minimum absolute atomic E-state index is 0.730. The van der Waals surface area contributed by atoms with E-state index >= 15 is 0 Å². The fraction of sp³-hybridized carbons (Fsp3) is 0.636. The summed E-state index contributed by atoms with van der Waals surface area (Å²) in [4.78, 5) is 0. The largest absolute Gasteiger partial charge is 0.385 e. The first-order chi connectivity index (χ1) is 6.86. The van der Waals surface area contributed by atoms with Gasteiger partial charge in [0, 0.05) is 32.7 Å². The Morgan fingerprint density at radius 3 is 3.00 bits per heavy atom. The number of rotatable bonds is 7. The molecule has 0 amide bonds. The van der Waals surface area contributed by atoms with Gasteiger partial charge in [-0.2, -0.15) is 0 Å². The number of hydrogen-bond donors (Lipinski definition) is 1. The summed E-state index contributed by atoms with van der Waals surface area (Å²) in [5.74, 6) is 0. The summed E-state index contributed by atoms with van der Waals surface area (Å²) < 4.78 is 7.22. The van der Waals surface area contributed by atoms with Crippen molar-refractivity contribution >= 4 is 0 Å². The number of aromatic nitrogens is 1. The lowest BCUT2D eigenvalue weighted by atomic mass is 10.2. The molecular weight excluding hydrogens is 176 g/mol. The third kappa shape index (κ3) is 3.94. The quantitative estimate of drug-likeness (QED) is 0.670. The molecule has 0 radical (unpaired) electrons. The Labute approximate surface area is 85.9 Å². The zero-order valence-corrected chi connectivity index (χ0v) is 8.91. The molecule has 3 heteroatoms. The Bertz CT molecular complexity index is 245. The Balaban J connectivity index is 2.22. The fourth-order valence-corrected chi connectivity index (χ4v) is 1.48. The Morgan fingerprint density at radius 1 is 1.43 bits per heavy atom. The monoisotopic (exact) mass is 196 g/mol. The van der Waals surface area contributed by atoms with Crippen molar-refractivity contribution in [2.75, 3.05) is 20.3 Å². The number of nitrogens with two attached hydrogens (primary N) is 1. The minimum atomic E-state index is 0.730. The molecular formula is C11H20N2O. The number of ether oxygens (including phenoxy) is 1. The van der Waals surface area contributed by atoms with Crippen molar-refractivity contribution in [3.05, 3.63) is 24.0 Å². The number of methoxy groups -OCH3 is 1. The summed E-state index contributed by atoms with van der Waals surface area (Å²) >= 11 is 0. The van der Waals surface area contributed by atoms with Crippen LogP contribution in [0.1, 0.15) is 18.4 Å². The highest BCUT2D eigenvalue weighted by Crippen LogP contribution is 2.03. The molecule has 0 saturated heterocycles. The Kier molecular flexibility index (Phi) is 5.33. The number of nitrogens with zero attached hydrogens (tertiary/aromatic N) is 1. The molecule has 1 heterocycles. The third-order valence-corrected chi connectivity index (χ3v) is 2.26. The molecule has 0 unspecified atom stereocenters. The molecule has 3 nitrogen and oxygen atoms in total. The zero-order chi connectivity index (χ0) is 10.2. The highest BCUT2D eigenvalue weighted by atomic mass is 16.5. The van der Waals surface area contributed by atoms with E-state index in [1.165, 1.54) is 12.0 Å². The van der Waals surface area contributed by atoms with Crippen LogP contribution in [0.5, 0.6) is 0 Å². The second-order valence-electron chi connectivity index (χ2n) is 3.50. The van der Waals surface area contributed by atoms with E-state index < -0.39 is 0 Å². The van der Waals surface area contributed by atoms with Crippen LogP contribution >= 0.6 is 0 Å². The highest BCUT2D eigenvalue weighted by molar-refractivity contribution is 5.10. The average molecular weight is 196 g/mol. The lowest BCUT2D eigenvalue weighted by Gasteiger charge is -2.01. The van der Waals surface area contributed by atoms with E-state index in [0.29, 0.717) is 0 Å². The van der Waals surface area contributed by atoms with Crippen molar-refractivity contribution in [3.63, 3.8) is 0 Å². The van der Waals surface area contributed by atoms with Crippen molar-refractivity contribution < 1.29 is 4.74 Å². The van der Waals surface area contributed by atoms with Gasteiger partial charge in [-0.05, 0) is 37.4 Å². The smallest absolute Gasteiger partial charge is 0.0462 e. The van der Waals surface area contributed by atoms with Gasteiger partial charge >= 0.3 is 0 Å². The van der Waals surface area contributed by atoms with Crippen LogP contribution in [0, 0.1) is 0 Å². The standard InChI is InChI=1S/C11H20N2O/c1-14-9-3-2-7-13-8-5-11(10-13)4-6-12/h5,8,10H,2-4,6-7,9,12H2,1H3. The van der Waals surface area contributed by atoms with Gasteiger partial charge in [0.15, 0.2) is 0 Å². The molecule has 0 aliphatic heterocycles. The molecule has 0 saturated carbocycles. The van der Waals surface area contributed by atoms with Crippen molar-refractivity contribution in [1.29, 1.82) is 0 Å². The Morgan fingerprint density at radius 2 is 2.29 bits per heavy atom. The lowest BCUT2D eigenvalue weighted by Crippen LogP contribution is -2.02. The predicted octanol–water partition coefficient (Wildman–Crippen LogP) is 1.42. The number of aryl methyl sites for hydroxylation is 1. The van der Waals surface area contributed by atoms with E-state index in [1.807, 2.05) is 0 Å². The van der Waals surface area contributed by atoms with Crippen molar-refractivity contribution in [3.8, 4) is 0 Å². The van der Waals surface area contributed by atoms with Crippen LogP contribution in [0.25, 0.3) is 0 Å². The highest BCUT2D eigenvalue weighted by Gasteiger charge is 1.95. The summed E-state index contributed by atoms with van der Waals surface area (Å²) in [5.41, 5.74) is 6.82. The first-order valence-corrected chi connectivity index (χ1v) is 5.20. The predicted molar refractivity (Wildman–Crippen MR) is 58.3 cm³/mol. The van der Waals surface area contributed by atoms with Gasteiger partial charge < -0.3 is 15.0 Å². The second kappa shape index (κ2) is 6.62. The molecule has 0 aromatic carbocycles. The van der Waals surface area contributed by atoms with Gasteiger partial charge in [0.25, 0.3) is 0 Å². The topological polar surface area (TPSA) is 40.2 Å². The van der Waals surface area contributed by atoms with E-state index in [1.54, 1.807) is 7.11 Å². The number of hydrogen-bond acceptors (Lipinski definition) is 2. The molecule has 0 aliphatic carbocycles. The van der Waals surface area contributed by atoms with Gasteiger partial charge in [-0.25, -0.2) is 0 Å². The molecule has 1 aromatic rings. The molecule has 0 aliphatic rings. The van der Waals surface area contributed by atoms with Gasteiger partial charge in [0.1, 0.15) is 0 Å².